The van der Waals surface area contributed by atoms with Crippen LogP contribution in [-0.4, -0.2) is 18.8 Å². The van der Waals surface area contributed by atoms with E-state index in [1.165, 1.54) is 22.9 Å². The first kappa shape index (κ1) is 16.7. The minimum atomic E-state index is -0.0637. The van der Waals surface area contributed by atoms with Crippen molar-refractivity contribution in [3.63, 3.8) is 0 Å². The average molecular weight is 336 g/mol. The van der Waals surface area contributed by atoms with E-state index in [1.807, 2.05) is 6.07 Å². The Labute approximate surface area is 140 Å². The van der Waals surface area contributed by atoms with Crippen LogP contribution in [0.2, 0.25) is 5.02 Å². The fraction of sp³-hybridized carbons (Fsp3) is 0.235. The van der Waals surface area contributed by atoms with Crippen LogP contribution >= 0.6 is 23.4 Å². The Bertz CT molecular complexity index is 688. The van der Waals surface area contributed by atoms with E-state index in [0.29, 0.717) is 22.2 Å². The molecular formula is C17H18ClNO2S. The molecule has 0 aliphatic rings. The lowest BCUT2D eigenvalue weighted by molar-refractivity contribution is -0.113. The van der Waals surface area contributed by atoms with Gasteiger partial charge in [0, 0.05) is 10.6 Å². The zero-order valence-electron chi connectivity index (χ0n) is 12.8. The summed E-state index contributed by atoms with van der Waals surface area (Å²) in [4.78, 5) is 13.1. The molecule has 0 aromatic heterocycles. The van der Waals surface area contributed by atoms with Gasteiger partial charge in [-0.3, -0.25) is 4.79 Å². The van der Waals surface area contributed by atoms with E-state index in [1.54, 1.807) is 25.3 Å². The van der Waals surface area contributed by atoms with Gasteiger partial charge in [0.05, 0.1) is 17.9 Å². The van der Waals surface area contributed by atoms with Crippen LogP contribution in [0.3, 0.4) is 0 Å². The van der Waals surface area contributed by atoms with Crippen molar-refractivity contribution in [1.29, 1.82) is 0 Å². The first-order chi connectivity index (χ1) is 10.5. The molecule has 2 aromatic carbocycles. The summed E-state index contributed by atoms with van der Waals surface area (Å²) < 4.78 is 5.08. The van der Waals surface area contributed by atoms with E-state index >= 15 is 0 Å². The maximum atomic E-state index is 12.0. The van der Waals surface area contributed by atoms with Crippen molar-refractivity contribution in [2.75, 3.05) is 18.2 Å². The van der Waals surface area contributed by atoms with E-state index in [9.17, 15) is 4.79 Å². The lowest BCUT2D eigenvalue weighted by Gasteiger charge is -2.09. The van der Waals surface area contributed by atoms with Gasteiger partial charge in [-0.2, -0.15) is 0 Å². The quantitative estimate of drug-likeness (QED) is 0.805. The first-order valence-corrected chi connectivity index (χ1v) is 8.19. The molecule has 1 amide bonds. The van der Waals surface area contributed by atoms with E-state index < -0.39 is 0 Å². The molecule has 0 saturated carbocycles. The number of halogens is 1. The van der Waals surface area contributed by atoms with Crippen molar-refractivity contribution < 1.29 is 9.53 Å². The van der Waals surface area contributed by atoms with Crippen LogP contribution in [0.4, 0.5) is 5.69 Å². The van der Waals surface area contributed by atoms with Crippen molar-refractivity contribution >= 4 is 35.0 Å². The molecule has 2 aromatic rings. The van der Waals surface area contributed by atoms with Crippen LogP contribution in [0.5, 0.6) is 5.75 Å². The monoisotopic (exact) mass is 335 g/mol. The average Bonchev–Trinajstić information content (AvgIpc) is 2.46. The smallest absolute Gasteiger partial charge is 0.234 e. The fourth-order valence-corrected chi connectivity index (χ4v) is 3.11. The summed E-state index contributed by atoms with van der Waals surface area (Å²) in [6.45, 7) is 4.11. The van der Waals surface area contributed by atoms with Gasteiger partial charge in [0.1, 0.15) is 5.75 Å². The number of amides is 1. The molecule has 2 rings (SSSR count). The van der Waals surface area contributed by atoms with E-state index in [0.717, 1.165) is 4.90 Å². The fourth-order valence-electron chi connectivity index (χ4n) is 2.05. The zero-order chi connectivity index (χ0) is 16.1. The molecule has 0 unspecified atom stereocenters. The Morgan fingerprint density at radius 1 is 1.23 bits per heavy atom. The number of carbonyl (C=O) groups is 1. The Kier molecular flexibility index (Phi) is 5.75. The van der Waals surface area contributed by atoms with Gasteiger partial charge in [-0.25, -0.2) is 0 Å². The van der Waals surface area contributed by atoms with Gasteiger partial charge < -0.3 is 10.1 Å². The zero-order valence-corrected chi connectivity index (χ0v) is 14.3. The maximum absolute atomic E-state index is 12.0. The highest BCUT2D eigenvalue weighted by Gasteiger charge is 2.07. The molecule has 1 N–H and O–H groups in total. The van der Waals surface area contributed by atoms with Gasteiger partial charge in [-0.1, -0.05) is 29.3 Å². The lowest BCUT2D eigenvalue weighted by Crippen LogP contribution is -2.14. The van der Waals surface area contributed by atoms with Crippen molar-refractivity contribution in [2.24, 2.45) is 0 Å². The summed E-state index contributed by atoms with van der Waals surface area (Å²) >= 11 is 7.57. The third-order valence-electron chi connectivity index (χ3n) is 3.12. The van der Waals surface area contributed by atoms with Crippen molar-refractivity contribution in [3.05, 3.63) is 52.5 Å². The van der Waals surface area contributed by atoms with Gasteiger partial charge in [0.15, 0.2) is 0 Å². The molecule has 116 valence electrons. The maximum Gasteiger partial charge on any atom is 0.234 e. The molecule has 0 bridgehead atoms. The minimum Gasteiger partial charge on any atom is -0.495 e. The van der Waals surface area contributed by atoms with Crippen LogP contribution < -0.4 is 10.1 Å². The molecule has 0 atom stereocenters. The summed E-state index contributed by atoms with van der Waals surface area (Å²) in [6, 6.07) is 11.4. The highest BCUT2D eigenvalue weighted by molar-refractivity contribution is 8.00. The number of anilines is 1. The van der Waals surface area contributed by atoms with Crippen molar-refractivity contribution in [1.82, 2.24) is 0 Å². The molecule has 5 heteroatoms. The van der Waals surface area contributed by atoms with Crippen LogP contribution in [0.25, 0.3) is 0 Å². The molecule has 0 saturated heterocycles. The lowest BCUT2D eigenvalue weighted by atomic mass is 10.2. The van der Waals surface area contributed by atoms with E-state index in [-0.39, 0.29) is 5.91 Å². The van der Waals surface area contributed by atoms with Crippen LogP contribution in [-0.2, 0) is 4.79 Å². The number of thioether (sulfide) groups is 1. The molecule has 3 nitrogen and oxygen atoms in total. The van der Waals surface area contributed by atoms with Crippen LogP contribution in [0, 0.1) is 13.8 Å². The second kappa shape index (κ2) is 7.56. The molecule has 0 fully saturated rings. The normalized spacial score (nSPS) is 10.4. The van der Waals surface area contributed by atoms with Crippen molar-refractivity contribution in [2.45, 2.75) is 18.7 Å². The Morgan fingerprint density at radius 2 is 2.00 bits per heavy atom. The largest absolute Gasteiger partial charge is 0.495 e. The van der Waals surface area contributed by atoms with Crippen LogP contribution in [0.15, 0.2) is 41.3 Å². The molecule has 0 aliphatic heterocycles. The summed E-state index contributed by atoms with van der Waals surface area (Å²) in [5.74, 6) is 0.878. The summed E-state index contributed by atoms with van der Waals surface area (Å²) in [5, 5.41) is 3.31. The molecule has 22 heavy (non-hydrogen) atoms. The predicted octanol–water partition coefficient (Wildman–Crippen LogP) is 4.70. The third kappa shape index (κ3) is 4.42. The highest BCUT2D eigenvalue weighted by atomic mass is 35.5. The number of carbonyl (C=O) groups excluding carboxylic acids is 1. The van der Waals surface area contributed by atoms with Gasteiger partial charge in [0.25, 0.3) is 0 Å². The topological polar surface area (TPSA) is 38.3 Å². The number of ether oxygens (including phenoxy) is 1. The minimum absolute atomic E-state index is 0.0637. The number of rotatable bonds is 5. The summed E-state index contributed by atoms with van der Waals surface area (Å²) in [5.41, 5.74) is 3.07. The van der Waals surface area contributed by atoms with Gasteiger partial charge in [-0.15, -0.1) is 11.8 Å². The number of aryl methyl sites for hydroxylation is 2. The second-order valence-electron chi connectivity index (χ2n) is 4.96. The predicted molar refractivity (Wildman–Crippen MR) is 93.3 cm³/mol. The Morgan fingerprint density at radius 3 is 2.64 bits per heavy atom. The molecule has 0 heterocycles. The molecule has 0 spiro atoms. The first-order valence-electron chi connectivity index (χ1n) is 6.83. The van der Waals surface area contributed by atoms with Crippen molar-refractivity contribution in [3.8, 4) is 5.75 Å². The van der Waals surface area contributed by atoms with Gasteiger partial charge in [0.2, 0.25) is 5.91 Å². The Hall–Kier alpha value is -1.65. The molecule has 0 aliphatic carbocycles. The summed E-state index contributed by atoms with van der Waals surface area (Å²) in [6.07, 6.45) is 0. The standard InChI is InChI=1S/C17H18ClNO2S/c1-11-4-7-16(12(2)8-11)22-10-17(20)19-13-5-6-15(21-3)14(18)9-13/h4-9H,10H2,1-3H3,(H,19,20). The number of benzene rings is 2. The number of hydrogen-bond donors (Lipinski definition) is 1. The number of nitrogens with one attached hydrogen (secondary N) is 1. The molecule has 0 radical (unpaired) electrons. The third-order valence-corrected chi connectivity index (χ3v) is 4.60. The van der Waals surface area contributed by atoms with Gasteiger partial charge >= 0.3 is 0 Å². The number of hydrogen-bond acceptors (Lipinski definition) is 3. The second-order valence-corrected chi connectivity index (χ2v) is 6.38. The highest BCUT2D eigenvalue weighted by Crippen LogP contribution is 2.28. The Balaban J connectivity index is 1.94. The van der Waals surface area contributed by atoms with E-state index in [2.05, 4.69) is 31.3 Å². The number of methoxy groups -OCH3 is 1. The SMILES string of the molecule is COc1ccc(NC(=O)CSc2ccc(C)cc2C)cc1Cl. The molecular weight excluding hydrogens is 318 g/mol. The summed E-state index contributed by atoms with van der Waals surface area (Å²) in [7, 11) is 1.56. The van der Waals surface area contributed by atoms with Crippen LogP contribution in [0.1, 0.15) is 11.1 Å². The van der Waals surface area contributed by atoms with Gasteiger partial charge in [-0.05, 0) is 43.7 Å². The van der Waals surface area contributed by atoms with E-state index in [4.69, 9.17) is 16.3 Å².